The van der Waals surface area contributed by atoms with Gasteiger partial charge in [-0.25, -0.2) is 9.97 Å². The number of hydrogen-bond acceptors (Lipinski definition) is 8. The van der Waals surface area contributed by atoms with Crippen molar-refractivity contribution in [1.82, 2.24) is 15.3 Å². The first-order valence-electron chi connectivity index (χ1n) is 13.4. The van der Waals surface area contributed by atoms with Crippen LogP contribution in [0.1, 0.15) is 21.5 Å². The number of benzene rings is 3. The lowest BCUT2D eigenvalue weighted by Crippen LogP contribution is -2.26. The summed E-state index contributed by atoms with van der Waals surface area (Å²) in [5, 5.41) is 3.54. The summed E-state index contributed by atoms with van der Waals surface area (Å²) in [4.78, 5) is 24.4. The van der Waals surface area contributed by atoms with Crippen LogP contribution in [0, 0.1) is 0 Å². The molecule has 1 N–H and O–H groups in total. The molecule has 0 aliphatic rings. The van der Waals surface area contributed by atoms with Crippen LogP contribution >= 0.6 is 11.8 Å². The molecule has 1 aromatic heterocycles. The zero-order valence-electron chi connectivity index (χ0n) is 23.9. The molecule has 0 fully saturated rings. The number of rotatable bonds is 14. The van der Waals surface area contributed by atoms with Gasteiger partial charge in [0.25, 0.3) is 5.91 Å². The summed E-state index contributed by atoms with van der Waals surface area (Å²) in [6.45, 7) is 1.70. The molecule has 0 saturated carbocycles. The lowest BCUT2D eigenvalue weighted by atomic mass is 10.1. The Kier molecular flexibility index (Phi) is 11.0. The minimum atomic E-state index is -0.116. The van der Waals surface area contributed by atoms with E-state index >= 15 is 0 Å². The Hall–Kier alpha value is -4.08. The minimum Gasteiger partial charge on any atom is -0.493 e. The average molecular weight is 573 g/mol. The molecular formula is C32H36N4O4S. The van der Waals surface area contributed by atoms with Gasteiger partial charge in [-0.3, -0.25) is 4.79 Å². The van der Waals surface area contributed by atoms with Crippen molar-refractivity contribution in [1.29, 1.82) is 0 Å². The summed E-state index contributed by atoms with van der Waals surface area (Å²) in [6.07, 6.45) is 0.809. The van der Waals surface area contributed by atoms with Crippen LogP contribution in [0.5, 0.6) is 11.5 Å². The van der Waals surface area contributed by atoms with E-state index in [0.717, 1.165) is 46.9 Å². The predicted octanol–water partition coefficient (Wildman–Crippen LogP) is 5.51. The van der Waals surface area contributed by atoms with E-state index in [1.54, 1.807) is 33.1 Å². The second-order valence-electron chi connectivity index (χ2n) is 9.36. The fourth-order valence-electron chi connectivity index (χ4n) is 4.20. The monoisotopic (exact) mass is 572 g/mol. The van der Waals surface area contributed by atoms with E-state index in [0.29, 0.717) is 35.4 Å². The number of nitrogens with one attached hydrogen (secondary N) is 1. The van der Waals surface area contributed by atoms with Crippen LogP contribution in [0.4, 0.5) is 5.82 Å². The number of carbonyl (C=O) groups excluding carboxylic acids is 1. The standard InChI is InChI=1S/C32H36N4O4S/c1-36(17-15-23-13-14-28(39-3)29(20-23)40-4)30-21-27(25-10-6-5-7-11-25)34-32(35-30)41-22-24-9-8-12-26(19-24)31(37)33-16-18-38-2/h5-14,19-21H,15-18,22H2,1-4H3,(H,33,37). The normalized spacial score (nSPS) is 10.7. The number of amides is 1. The van der Waals surface area contributed by atoms with Crippen LogP contribution in [0.15, 0.2) is 84.0 Å². The van der Waals surface area contributed by atoms with Gasteiger partial charge in [0.2, 0.25) is 0 Å². The summed E-state index contributed by atoms with van der Waals surface area (Å²) in [7, 11) is 6.93. The average Bonchev–Trinajstić information content (AvgIpc) is 3.02. The second kappa shape index (κ2) is 15.1. The zero-order valence-corrected chi connectivity index (χ0v) is 24.7. The number of likely N-dealkylation sites (N-methyl/N-ethyl adjacent to an activating group) is 1. The number of anilines is 1. The molecule has 1 amide bonds. The van der Waals surface area contributed by atoms with E-state index in [2.05, 4.69) is 28.4 Å². The Morgan fingerprint density at radius 3 is 2.44 bits per heavy atom. The molecule has 41 heavy (non-hydrogen) atoms. The molecule has 0 atom stereocenters. The molecule has 8 nitrogen and oxygen atoms in total. The number of methoxy groups -OCH3 is 3. The van der Waals surface area contributed by atoms with Crippen molar-refractivity contribution in [3.05, 3.63) is 95.6 Å². The van der Waals surface area contributed by atoms with Crippen molar-refractivity contribution in [2.75, 3.05) is 53.0 Å². The molecule has 4 rings (SSSR count). The maximum absolute atomic E-state index is 12.5. The zero-order chi connectivity index (χ0) is 29.0. The predicted molar refractivity (Wildman–Crippen MR) is 164 cm³/mol. The molecule has 0 unspecified atom stereocenters. The lowest BCUT2D eigenvalue weighted by Gasteiger charge is -2.20. The summed E-state index contributed by atoms with van der Waals surface area (Å²) in [6, 6.07) is 25.8. The largest absolute Gasteiger partial charge is 0.493 e. The third-order valence-electron chi connectivity index (χ3n) is 6.49. The molecule has 0 aliphatic carbocycles. The minimum absolute atomic E-state index is 0.116. The van der Waals surface area contributed by atoms with E-state index < -0.39 is 0 Å². The summed E-state index contributed by atoms with van der Waals surface area (Å²) >= 11 is 1.55. The van der Waals surface area contributed by atoms with Gasteiger partial charge in [-0.1, -0.05) is 60.3 Å². The second-order valence-corrected chi connectivity index (χ2v) is 10.3. The highest BCUT2D eigenvalue weighted by Crippen LogP contribution is 2.29. The van der Waals surface area contributed by atoms with Gasteiger partial charge in [0.1, 0.15) is 5.82 Å². The maximum Gasteiger partial charge on any atom is 0.251 e. The van der Waals surface area contributed by atoms with Crippen LogP contribution in [-0.2, 0) is 16.9 Å². The van der Waals surface area contributed by atoms with E-state index in [4.69, 9.17) is 24.2 Å². The molecule has 214 valence electrons. The molecule has 0 radical (unpaired) electrons. The topological polar surface area (TPSA) is 85.8 Å². The van der Waals surface area contributed by atoms with Crippen molar-refractivity contribution in [2.24, 2.45) is 0 Å². The fourth-order valence-corrected chi connectivity index (χ4v) is 4.99. The number of thioether (sulfide) groups is 1. The molecule has 9 heteroatoms. The lowest BCUT2D eigenvalue weighted by molar-refractivity contribution is 0.0937. The number of aromatic nitrogens is 2. The van der Waals surface area contributed by atoms with Gasteiger partial charge in [0.15, 0.2) is 16.7 Å². The van der Waals surface area contributed by atoms with E-state index in [1.807, 2.05) is 67.7 Å². The smallest absolute Gasteiger partial charge is 0.251 e. The Morgan fingerprint density at radius 1 is 0.878 bits per heavy atom. The first kappa shape index (κ1) is 29.9. The Labute approximate surface area is 246 Å². The number of nitrogens with zero attached hydrogens (tertiary/aromatic N) is 3. The Morgan fingerprint density at radius 2 is 1.68 bits per heavy atom. The molecule has 0 spiro atoms. The van der Waals surface area contributed by atoms with Crippen molar-refractivity contribution in [3.63, 3.8) is 0 Å². The van der Waals surface area contributed by atoms with Gasteiger partial charge < -0.3 is 24.4 Å². The van der Waals surface area contributed by atoms with Crippen molar-refractivity contribution < 1.29 is 19.0 Å². The number of ether oxygens (including phenoxy) is 3. The maximum atomic E-state index is 12.5. The van der Waals surface area contributed by atoms with Gasteiger partial charge in [0, 0.05) is 50.2 Å². The highest BCUT2D eigenvalue weighted by atomic mass is 32.2. The fraction of sp³-hybridized carbons (Fsp3) is 0.281. The van der Waals surface area contributed by atoms with Crippen LogP contribution in [-0.4, -0.2) is 63.9 Å². The van der Waals surface area contributed by atoms with Crippen LogP contribution in [0.2, 0.25) is 0 Å². The van der Waals surface area contributed by atoms with E-state index in [9.17, 15) is 4.79 Å². The van der Waals surface area contributed by atoms with Gasteiger partial charge >= 0.3 is 0 Å². The quantitative estimate of drug-likeness (QED) is 0.120. The van der Waals surface area contributed by atoms with Crippen LogP contribution in [0.25, 0.3) is 11.3 Å². The molecule has 4 aromatic rings. The van der Waals surface area contributed by atoms with Crippen molar-refractivity contribution >= 4 is 23.5 Å². The number of hydrogen-bond donors (Lipinski definition) is 1. The third-order valence-corrected chi connectivity index (χ3v) is 7.40. The molecule has 0 saturated heterocycles. The molecule has 0 aliphatic heterocycles. The first-order chi connectivity index (χ1) is 20.0. The number of carbonyl (C=O) groups is 1. The molecule has 0 bridgehead atoms. The van der Waals surface area contributed by atoms with Gasteiger partial charge in [-0.2, -0.15) is 0 Å². The van der Waals surface area contributed by atoms with Gasteiger partial charge in [-0.05, 0) is 41.8 Å². The summed E-state index contributed by atoms with van der Waals surface area (Å²) in [5.41, 5.74) is 4.68. The Bertz CT molecular complexity index is 1430. The molecule has 1 heterocycles. The third kappa shape index (κ3) is 8.45. The van der Waals surface area contributed by atoms with E-state index in [-0.39, 0.29) is 5.91 Å². The highest BCUT2D eigenvalue weighted by Gasteiger charge is 2.13. The summed E-state index contributed by atoms with van der Waals surface area (Å²) in [5.74, 6) is 2.79. The Balaban J connectivity index is 1.50. The van der Waals surface area contributed by atoms with Crippen LogP contribution in [0.3, 0.4) is 0 Å². The summed E-state index contributed by atoms with van der Waals surface area (Å²) < 4.78 is 15.9. The first-order valence-corrected chi connectivity index (χ1v) is 14.3. The highest BCUT2D eigenvalue weighted by molar-refractivity contribution is 7.98. The molecular weight excluding hydrogens is 536 g/mol. The van der Waals surface area contributed by atoms with Crippen molar-refractivity contribution in [3.8, 4) is 22.8 Å². The van der Waals surface area contributed by atoms with Crippen LogP contribution < -0.4 is 19.7 Å². The van der Waals surface area contributed by atoms with E-state index in [1.165, 1.54) is 0 Å². The van der Waals surface area contributed by atoms with Gasteiger partial charge in [-0.15, -0.1) is 0 Å². The SMILES string of the molecule is COCCNC(=O)c1cccc(CSc2nc(-c3ccccc3)cc(N(C)CCc3ccc(OC)c(OC)c3)n2)c1. The van der Waals surface area contributed by atoms with Crippen molar-refractivity contribution in [2.45, 2.75) is 17.3 Å². The van der Waals surface area contributed by atoms with Gasteiger partial charge in [0.05, 0.1) is 26.5 Å². The molecule has 3 aromatic carbocycles.